The van der Waals surface area contributed by atoms with Crippen LogP contribution in [-0.4, -0.2) is 23.7 Å². The third-order valence-electron chi connectivity index (χ3n) is 2.93. The number of methoxy groups -OCH3 is 1. The van der Waals surface area contributed by atoms with Gasteiger partial charge in [0.2, 0.25) is 0 Å². The van der Waals surface area contributed by atoms with Gasteiger partial charge < -0.3 is 15.2 Å². The summed E-state index contributed by atoms with van der Waals surface area (Å²) in [4.78, 5) is 4.00. The van der Waals surface area contributed by atoms with Gasteiger partial charge in [0.1, 0.15) is 10.9 Å². The molecule has 2 N–H and O–H groups in total. The number of pyridine rings is 1. The smallest absolute Gasteiger partial charge is 0.129 e. The maximum atomic E-state index is 10.1. The highest BCUT2D eigenvalue weighted by Gasteiger charge is 2.07. The van der Waals surface area contributed by atoms with Crippen molar-refractivity contribution in [3.05, 3.63) is 58.9 Å². The Bertz CT molecular complexity index is 546. The molecular formula is C15H17ClN2O2. The van der Waals surface area contributed by atoms with Crippen molar-refractivity contribution in [2.75, 3.05) is 13.7 Å². The Morgan fingerprint density at radius 1 is 1.35 bits per heavy atom. The maximum Gasteiger partial charge on any atom is 0.129 e. The van der Waals surface area contributed by atoms with Crippen LogP contribution in [0.4, 0.5) is 0 Å². The molecule has 0 aliphatic heterocycles. The fraction of sp³-hybridized carbons (Fsp3) is 0.267. The van der Waals surface area contributed by atoms with E-state index in [0.29, 0.717) is 18.2 Å². The molecule has 0 amide bonds. The van der Waals surface area contributed by atoms with Crippen molar-refractivity contribution in [2.24, 2.45) is 0 Å². The first-order chi connectivity index (χ1) is 9.69. The molecule has 1 unspecified atom stereocenters. The molecule has 2 aromatic rings. The number of aliphatic hydroxyl groups excluding tert-OH is 1. The molecule has 5 heteroatoms. The van der Waals surface area contributed by atoms with Gasteiger partial charge >= 0.3 is 0 Å². The number of aromatic nitrogens is 1. The predicted octanol–water partition coefficient (Wildman–Crippen LogP) is 2.57. The van der Waals surface area contributed by atoms with E-state index in [1.165, 1.54) is 0 Å². The average molecular weight is 293 g/mol. The lowest BCUT2D eigenvalue weighted by molar-refractivity contribution is 0.174. The highest BCUT2D eigenvalue weighted by Crippen LogP contribution is 2.18. The molecule has 0 bridgehead atoms. The lowest BCUT2D eigenvalue weighted by Gasteiger charge is -2.13. The zero-order valence-corrected chi connectivity index (χ0v) is 12.0. The van der Waals surface area contributed by atoms with Gasteiger partial charge in [-0.25, -0.2) is 4.98 Å². The Balaban J connectivity index is 1.85. The average Bonchev–Trinajstić information content (AvgIpc) is 2.49. The normalized spacial score (nSPS) is 12.2. The van der Waals surface area contributed by atoms with Crippen LogP contribution in [0, 0.1) is 0 Å². The molecule has 1 aromatic carbocycles. The van der Waals surface area contributed by atoms with E-state index < -0.39 is 6.10 Å². The van der Waals surface area contributed by atoms with Crippen LogP contribution in [0.5, 0.6) is 5.75 Å². The Hall–Kier alpha value is -1.62. The van der Waals surface area contributed by atoms with Crippen LogP contribution in [0.2, 0.25) is 5.15 Å². The van der Waals surface area contributed by atoms with Crippen molar-refractivity contribution < 1.29 is 9.84 Å². The van der Waals surface area contributed by atoms with Crippen LogP contribution in [0.25, 0.3) is 0 Å². The number of halogens is 1. The summed E-state index contributed by atoms with van der Waals surface area (Å²) in [7, 11) is 1.61. The second kappa shape index (κ2) is 7.24. The van der Waals surface area contributed by atoms with Crippen molar-refractivity contribution in [2.45, 2.75) is 12.6 Å². The minimum atomic E-state index is -0.578. The zero-order chi connectivity index (χ0) is 14.4. The first kappa shape index (κ1) is 14.8. The Labute approximate surface area is 123 Å². The summed E-state index contributed by atoms with van der Waals surface area (Å²) in [6.45, 7) is 1.08. The lowest BCUT2D eigenvalue weighted by atomic mass is 10.1. The second-order valence-electron chi connectivity index (χ2n) is 4.41. The number of aliphatic hydroxyl groups is 1. The van der Waals surface area contributed by atoms with Crippen LogP contribution >= 0.6 is 11.6 Å². The van der Waals surface area contributed by atoms with E-state index in [-0.39, 0.29) is 0 Å². The first-order valence-corrected chi connectivity index (χ1v) is 6.70. The fourth-order valence-corrected chi connectivity index (χ4v) is 1.94. The summed E-state index contributed by atoms with van der Waals surface area (Å²) in [5, 5.41) is 13.8. The second-order valence-corrected chi connectivity index (χ2v) is 4.80. The number of benzene rings is 1. The van der Waals surface area contributed by atoms with E-state index in [0.717, 1.165) is 16.9 Å². The highest BCUT2D eigenvalue weighted by molar-refractivity contribution is 6.29. The van der Waals surface area contributed by atoms with Crippen LogP contribution in [0.15, 0.2) is 42.6 Å². The third kappa shape index (κ3) is 4.20. The van der Waals surface area contributed by atoms with Crippen LogP contribution in [-0.2, 0) is 6.54 Å². The van der Waals surface area contributed by atoms with Crippen LogP contribution in [0.3, 0.4) is 0 Å². The van der Waals surface area contributed by atoms with Gasteiger partial charge in [0, 0.05) is 19.3 Å². The van der Waals surface area contributed by atoms with Gasteiger partial charge in [-0.1, -0.05) is 29.8 Å². The van der Waals surface area contributed by atoms with E-state index >= 15 is 0 Å². The van der Waals surface area contributed by atoms with Crippen molar-refractivity contribution >= 4 is 11.6 Å². The number of hydrogen-bond donors (Lipinski definition) is 2. The van der Waals surface area contributed by atoms with Crippen molar-refractivity contribution in [1.82, 2.24) is 10.3 Å². The zero-order valence-electron chi connectivity index (χ0n) is 11.2. The SMILES string of the molecule is COc1cccc(C(O)CNCc2ccc(Cl)nc2)c1. The molecular weight excluding hydrogens is 276 g/mol. The van der Waals surface area contributed by atoms with Crippen LogP contribution < -0.4 is 10.1 Å². The van der Waals surface area contributed by atoms with E-state index in [1.807, 2.05) is 30.3 Å². The summed E-state index contributed by atoms with van der Waals surface area (Å²) in [5.74, 6) is 0.739. The number of hydrogen-bond acceptors (Lipinski definition) is 4. The Kier molecular flexibility index (Phi) is 5.35. The first-order valence-electron chi connectivity index (χ1n) is 6.32. The van der Waals surface area contributed by atoms with Crippen molar-refractivity contribution in [3.8, 4) is 5.75 Å². The van der Waals surface area contributed by atoms with Gasteiger partial charge in [-0.15, -0.1) is 0 Å². The predicted molar refractivity (Wildman–Crippen MR) is 78.9 cm³/mol. The van der Waals surface area contributed by atoms with Crippen molar-refractivity contribution in [3.63, 3.8) is 0 Å². The van der Waals surface area contributed by atoms with Gasteiger partial charge in [-0.2, -0.15) is 0 Å². The molecule has 1 heterocycles. The Morgan fingerprint density at radius 3 is 2.90 bits per heavy atom. The molecule has 2 rings (SSSR count). The fourth-order valence-electron chi connectivity index (χ4n) is 1.83. The van der Waals surface area contributed by atoms with E-state index in [2.05, 4.69) is 10.3 Å². The quantitative estimate of drug-likeness (QED) is 0.804. The Morgan fingerprint density at radius 2 is 2.20 bits per heavy atom. The molecule has 1 aromatic heterocycles. The number of nitrogens with zero attached hydrogens (tertiary/aromatic N) is 1. The van der Waals surface area contributed by atoms with E-state index in [4.69, 9.17) is 16.3 Å². The molecule has 0 fully saturated rings. The van der Waals surface area contributed by atoms with Gasteiger partial charge in [0.15, 0.2) is 0 Å². The topological polar surface area (TPSA) is 54.4 Å². The van der Waals surface area contributed by atoms with Gasteiger partial charge in [-0.05, 0) is 29.3 Å². The lowest BCUT2D eigenvalue weighted by Crippen LogP contribution is -2.21. The third-order valence-corrected chi connectivity index (χ3v) is 3.16. The van der Waals surface area contributed by atoms with E-state index in [1.54, 1.807) is 19.4 Å². The highest BCUT2D eigenvalue weighted by atomic mass is 35.5. The largest absolute Gasteiger partial charge is 0.497 e. The molecule has 0 radical (unpaired) electrons. The van der Waals surface area contributed by atoms with E-state index in [9.17, 15) is 5.11 Å². The molecule has 1 atom stereocenters. The molecule has 0 aliphatic rings. The molecule has 0 saturated carbocycles. The van der Waals surface area contributed by atoms with Gasteiger partial charge in [0.25, 0.3) is 0 Å². The van der Waals surface area contributed by atoms with Crippen molar-refractivity contribution in [1.29, 1.82) is 0 Å². The summed E-state index contributed by atoms with van der Waals surface area (Å²) in [6, 6.07) is 11.1. The molecule has 0 saturated heterocycles. The standard InChI is InChI=1S/C15H17ClN2O2/c1-20-13-4-2-3-12(7-13)14(19)10-17-8-11-5-6-15(16)18-9-11/h2-7,9,14,17,19H,8,10H2,1H3. The summed E-state index contributed by atoms with van der Waals surface area (Å²) < 4.78 is 5.14. The monoisotopic (exact) mass is 292 g/mol. The molecule has 0 aliphatic carbocycles. The summed E-state index contributed by atoms with van der Waals surface area (Å²) in [5.41, 5.74) is 1.85. The maximum absolute atomic E-state index is 10.1. The van der Waals surface area contributed by atoms with Gasteiger partial charge in [0.05, 0.1) is 13.2 Å². The molecule has 4 nitrogen and oxygen atoms in total. The summed E-state index contributed by atoms with van der Waals surface area (Å²) >= 11 is 5.72. The minimum absolute atomic E-state index is 0.454. The molecule has 20 heavy (non-hydrogen) atoms. The van der Waals surface area contributed by atoms with Crippen LogP contribution in [0.1, 0.15) is 17.2 Å². The molecule has 0 spiro atoms. The number of ether oxygens (including phenoxy) is 1. The number of nitrogens with one attached hydrogen (secondary N) is 1. The summed E-state index contributed by atoms with van der Waals surface area (Å²) in [6.07, 6.45) is 1.14. The number of rotatable bonds is 6. The minimum Gasteiger partial charge on any atom is -0.497 e. The van der Waals surface area contributed by atoms with Gasteiger partial charge in [-0.3, -0.25) is 0 Å². The molecule has 106 valence electrons.